The van der Waals surface area contributed by atoms with E-state index in [0.717, 1.165) is 18.0 Å². The highest BCUT2D eigenvalue weighted by atomic mass is 15.2. The molecule has 2 unspecified atom stereocenters. The maximum atomic E-state index is 3.76. The van der Waals surface area contributed by atoms with Crippen LogP contribution in [0.15, 0.2) is 0 Å². The summed E-state index contributed by atoms with van der Waals surface area (Å²) in [7, 11) is 0. The average molecular weight is 210 g/mol. The van der Waals surface area contributed by atoms with E-state index in [1.807, 2.05) is 0 Å². The molecule has 2 aliphatic rings. The topological polar surface area (TPSA) is 15.3 Å². The number of piperazine rings is 1. The zero-order valence-corrected chi connectivity index (χ0v) is 10.3. The highest BCUT2D eigenvalue weighted by Gasteiger charge is 2.29. The van der Waals surface area contributed by atoms with E-state index in [1.54, 1.807) is 0 Å². The van der Waals surface area contributed by atoms with Gasteiger partial charge in [0, 0.05) is 25.2 Å². The number of nitrogens with one attached hydrogen (secondary N) is 1. The number of nitrogens with zero attached hydrogens (tertiary/aromatic N) is 1. The van der Waals surface area contributed by atoms with Gasteiger partial charge in [-0.05, 0) is 32.2 Å². The van der Waals surface area contributed by atoms with Gasteiger partial charge in [-0.2, -0.15) is 0 Å². The number of hydrogen-bond acceptors (Lipinski definition) is 2. The summed E-state index contributed by atoms with van der Waals surface area (Å²) in [6.07, 6.45) is 7.32. The standard InChI is InChI=1S/C13H26N2/c1-3-15-10-13(14-9-11(15)2)12-7-5-4-6-8-12/h11-14H,3-10H2,1-2H3. The van der Waals surface area contributed by atoms with E-state index in [4.69, 9.17) is 0 Å². The zero-order valence-electron chi connectivity index (χ0n) is 10.3. The Morgan fingerprint density at radius 1 is 1.20 bits per heavy atom. The number of likely N-dealkylation sites (N-methyl/N-ethyl adjacent to an activating group) is 1. The molecule has 1 N–H and O–H groups in total. The molecule has 88 valence electrons. The lowest BCUT2D eigenvalue weighted by atomic mass is 9.83. The first kappa shape index (κ1) is 11.4. The van der Waals surface area contributed by atoms with Crippen molar-refractivity contribution < 1.29 is 0 Å². The van der Waals surface area contributed by atoms with Crippen LogP contribution < -0.4 is 5.32 Å². The molecule has 0 aromatic rings. The van der Waals surface area contributed by atoms with Crippen LogP contribution in [0, 0.1) is 5.92 Å². The lowest BCUT2D eigenvalue weighted by molar-refractivity contribution is 0.109. The van der Waals surface area contributed by atoms with Gasteiger partial charge in [-0.1, -0.05) is 26.2 Å². The second-order valence-electron chi connectivity index (χ2n) is 5.35. The molecule has 1 aliphatic heterocycles. The molecule has 2 fully saturated rings. The quantitative estimate of drug-likeness (QED) is 0.752. The Morgan fingerprint density at radius 2 is 1.93 bits per heavy atom. The third-order valence-electron chi connectivity index (χ3n) is 4.36. The van der Waals surface area contributed by atoms with Crippen LogP contribution in [0.5, 0.6) is 0 Å². The Morgan fingerprint density at radius 3 is 2.60 bits per heavy atom. The molecule has 0 bridgehead atoms. The van der Waals surface area contributed by atoms with Crippen molar-refractivity contribution in [2.75, 3.05) is 19.6 Å². The van der Waals surface area contributed by atoms with Gasteiger partial charge in [-0.15, -0.1) is 0 Å². The predicted octanol–water partition coefficient (Wildman–Crippen LogP) is 2.25. The second kappa shape index (κ2) is 5.31. The van der Waals surface area contributed by atoms with Crippen LogP contribution >= 0.6 is 0 Å². The lowest BCUT2D eigenvalue weighted by Crippen LogP contribution is -2.57. The minimum atomic E-state index is 0.731. The van der Waals surface area contributed by atoms with E-state index in [0.29, 0.717) is 0 Å². The van der Waals surface area contributed by atoms with Gasteiger partial charge in [0.05, 0.1) is 0 Å². The van der Waals surface area contributed by atoms with Crippen LogP contribution in [-0.2, 0) is 0 Å². The predicted molar refractivity (Wildman–Crippen MR) is 65.1 cm³/mol. The smallest absolute Gasteiger partial charge is 0.0224 e. The van der Waals surface area contributed by atoms with Crippen molar-refractivity contribution in [2.24, 2.45) is 5.92 Å². The maximum Gasteiger partial charge on any atom is 0.0224 e. The van der Waals surface area contributed by atoms with Crippen LogP contribution in [0.25, 0.3) is 0 Å². The van der Waals surface area contributed by atoms with Crippen molar-refractivity contribution >= 4 is 0 Å². The molecule has 0 spiro atoms. The first-order chi connectivity index (χ1) is 7.31. The van der Waals surface area contributed by atoms with Crippen LogP contribution in [0.2, 0.25) is 0 Å². The maximum absolute atomic E-state index is 3.76. The summed E-state index contributed by atoms with van der Waals surface area (Å²) < 4.78 is 0. The molecule has 2 atom stereocenters. The molecular weight excluding hydrogens is 184 g/mol. The van der Waals surface area contributed by atoms with E-state index in [-0.39, 0.29) is 0 Å². The van der Waals surface area contributed by atoms with Crippen molar-refractivity contribution in [1.82, 2.24) is 10.2 Å². The zero-order chi connectivity index (χ0) is 10.7. The molecule has 0 aromatic carbocycles. The molecule has 0 amide bonds. The SMILES string of the molecule is CCN1CC(C2CCCCC2)NCC1C. The molecule has 0 aromatic heterocycles. The van der Waals surface area contributed by atoms with E-state index in [9.17, 15) is 0 Å². The van der Waals surface area contributed by atoms with Gasteiger partial charge in [0.1, 0.15) is 0 Å². The summed E-state index contributed by atoms with van der Waals surface area (Å²) in [5, 5.41) is 3.76. The molecule has 0 radical (unpaired) electrons. The Hall–Kier alpha value is -0.0800. The summed E-state index contributed by atoms with van der Waals surface area (Å²) in [6, 6.07) is 1.51. The summed E-state index contributed by atoms with van der Waals surface area (Å²) in [4.78, 5) is 2.63. The minimum absolute atomic E-state index is 0.731. The fraction of sp³-hybridized carbons (Fsp3) is 1.00. The number of hydrogen-bond donors (Lipinski definition) is 1. The highest BCUT2D eigenvalue weighted by Crippen LogP contribution is 2.28. The van der Waals surface area contributed by atoms with Crippen LogP contribution in [0.1, 0.15) is 46.0 Å². The van der Waals surface area contributed by atoms with Crippen LogP contribution in [-0.4, -0.2) is 36.6 Å². The van der Waals surface area contributed by atoms with Gasteiger partial charge < -0.3 is 5.32 Å². The Bertz CT molecular complexity index is 187. The Labute approximate surface area is 94.4 Å². The molecule has 2 heteroatoms. The summed E-state index contributed by atoms with van der Waals surface area (Å²) in [5.74, 6) is 0.959. The monoisotopic (exact) mass is 210 g/mol. The highest BCUT2D eigenvalue weighted by molar-refractivity contribution is 4.88. The van der Waals surface area contributed by atoms with Crippen LogP contribution in [0.4, 0.5) is 0 Å². The third kappa shape index (κ3) is 2.73. The largest absolute Gasteiger partial charge is 0.311 e. The molecule has 1 saturated carbocycles. The Balaban J connectivity index is 1.87. The van der Waals surface area contributed by atoms with Gasteiger partial charge in [-0.25, -0.2) is 0 Å². The summed E-state index contributed by atoms with van der Waals surface area (Å²) in [5.41, 5.74) is 0. The van der Waals surface area contributed by atoms with Crippen molar-refractivity contribution in [3.63, 3.8) is 0 Å². The summed E-state index contributed by atoms with van der Waals surface area (Å²) >= 11 is 0. The normalized spacial score (nSPS) is 35.6. The average Bonchev–Trinajstić information content (AvgIpc) is 2.31. The second-order valence-corrected chi connectivity index (χ2v) is 5.35. The van der Waals surface area contributed by atoms with Gasteiger partial charge in [-0.3, -0.25) is 4.90 Å². The summed E-state index contributed by atoms with van der Waals surface area (Å²) in [6.45, 7) is 8.32. The number of rotatable bonds is 2. The van der Waals surface area contributed by atoms with Gasteiger partial charge >= 0.3 is 0 Å². The van der Waals surface area contributed by atoms with Gasteiger partial charge in [0.15, 0.2) is 0 Å². The molecule has 2 nitrogen and oxygen atoms in total. The molecule has 1 heterocycles. The first-order valence-corrected chi connectivity index (χ1v) is 6.78. The van der Waals surface area contributed by atoms with Gasteiger partial charge in [0.25, 0.3) is 0 Å². The minimum Gasteiger partial charge on any atom is -0.311 e. The fourth-order valence-corrected chi connectivity index (χ4v) is 3.24. The fourth-order valence-electron chi connectivity index (χ4n) is 3.24. The Kier molecular flexibility index (Phi) is 4.04. The first-order valence-electron chi connectivity index (χ1n) is 6.78. The molecular formula is C13H26N2. The van der Waals surface area contributed by atoms with Crippen molar-refractivity contribution in [2.45, 2.75) is 58.0 Å². The lowest BCUT2D eigenvalue weighted by Gasteiger charge is -2.42. The van der Waals surface area contributed by atoms with Gasteiger partial charge in [0.2, 0.25) is 0 Å². The van der Waals surface area contributed by atoms with Crippen molar-refractivity contribution in [3.8, 4) is 0 Å². The van der Waals surface area contributed by atoms with E-state index in [1.165, 1.54) is 51.7 Å². The van der Waals surface area contributed by atoms with E-state index >= 15 is 0 Å². The molecule has 2 rings (SSSR count). The van der Waals surface area contributed by atoms with E-state index < -0.39 is 0 Å². The van der Waals surface area contributed by atoms with E-state index in [2.05, 4.69) is 24.1 Å². The third-order valence-corrected chi connectivity index (χ3v) is 4.36. The van der Waals surface area contributed by atoms with Crippen molar-refractivity contribution in [3.05, 3.63) is 0 Å². The van der Waals surface area contributed by atoms with Crippen LogP contribution in [0.3, 0.4) is 0 Å². The molecule has 1 saturated heterocycles. The molecule has 1 aliphatic carbocycles. The molecule has 15 heavy (non-hydrogen) atoms. The van der Waals surface area contributed by atoms with Crippen molar-refractivity contribution in [1.29, 1.82) is 0 Å².